The fourth-order valence-electron chi connectivity index (χ4n) is 2.45. The third kappa shape index (κ3) is 4.97. The van der Waals surface area contributed by atoms with Gasteiger partial charge in [0.25, 0.3) is 5.91 Å². The summed E-state index contributed by atoms with van der Waals surface area (Å²) in [6.45, 7) is 2.94. The number of amides is 1. The van der Waals surface area contributed by atoms with E-state index in [-0.39, 0.29) is 17.8 Å². The van der Waals surface area contributed by atoms with Crippen LogP contribution in [0, 0.1) is 5.82 Å². The van der Waals surface area contributed by atoms with Crippen molar-refractivity contribution in [3.63, 3.8) is 0 Å². The molecule has 2 atom stereocenters. The molecule has 0 aliphatic heterocycles. The molecule has 1 unspecified atom stereocenters. The standard InChI is InChI=1S/C18H21FN2O/c1-14(16-8-4-3-5-9-16)20-18(22)13-21(2)12-15-7-6-10-17(19)11-15/h3-11,14H,12-13H2,1-2H3,(H,20,22)/p+1/t14-/m1/s1. The predicted octanol–water partition coefficient (Wildman–Crippen LogP) is 1.72. The van der Waals surface area contributed by atoms with Crippen molar-refractivity contribution in [2.75, 3.05) is 13.6 Å². The van der Waals surface area contributed by atoms with Crippen LogP contribution in [-0.2, 0) is 11.3 Å². The number of quaternary nitrogens is 1. The zero-order valence-corrected chi connectivity index (χ0v) is 13.0. The number of hydrogen-bond acceptors (Lipinski definition) is 1. The number of nitrogens with one attached hydrogen (secondary N) is 2. The predicted molar refractivity (Wildman–Crippen MR) is 84.9 cm³/mol. The van der Waals surface area contributed by atoms with Crippen LogP contribution in [-0.4, -0.2) is 19.5 Å². The van der Waals surface area contributed by atoms with Crippen LogP contribution >= 0.6 is 0 Å². The minimum atomic E-state index is -0.243. The Morgan fingerprint density at radius 1 is 1.18 bits per heavy atom. The van der Waals surface area contributed by atoms with Gasteiger partial charge in [0, 0.05) is 5.56 Å². The minimum Gasteiger partial charge on any atom is -0.345 e. The Morgan fingerprint density at radius 3 is 2.59 bits per heavy atom. The third-order valence-electron chi connectivity index (χ3n) is 3.53. The van der Waals surface area contributed by atoms with Gasteiger partial charge in [-0.15, -0.1) is 0 Å². The van der Waals surface area contributed by atoms with Gasteiger partial charge < -0.3 is 10.2 Å². The summed E-state index contributed by atoms with van der Waals surface area (Å²) in [7, 11) is 1.93. The van der Waals surface area contributed by atoms with Gasteiger partial charge in [-0.25, -0.2) is 4.39 Å². The van der Waals surface area contributed by atoms with E-state index in [2.05, 4.69) is 5.32 Å². The maximum atomic E-state index is 13.2. The molecule has 0 fully saturated rings. The fourth-order valence-corrected chi connectivity index (χ4v) is 2.45. The highest BCUT2D eigenvalue weighted by atomic mass is 19.1. The highest BCUT2D eigenvalue weighted by Crippen LogP contribution is 2.10. The van der Waals surface area contributed by atoms with E-state index in [9.17, 15) is 9.18 Å². The van der Waals surface area contributed by atoms with Gasteiger partial charge in [-0.05, 0) is 24.6 Å². The molecule has 0 radical (unpaired) electrons. The lowest BCUT2D eigenvalue weighted by molar-refractivity contribution is -0.885. The molecule has 0 spiro atoms. The van der Waals surface area contributed by atoms with Crippen LogP contribution in [0.15, 0.2) is 54.6 Å². The summed E-state index contributed by atoms with van der Waals surface area (Å²) in [5.41, 5.74) is 1.97. The monoisotopic (exact) mass is 301 g/mol. The summed E-state index contributed by atoms with van der Waals surface area (Å²) < 4.78 is 13.2. The molecule has 3 nitrogen and oxygen atoms in total. The average Bonchev–Trinajstić information content (AvgIpc) is 2.47. The van der Waals surface area contributed by atoms with Gasteiger partial charge in [-0.1, -0.05) is 42.5 Å². The first-order valence-electron chi connectivity index (χ1n) is 7.44. The first kappa shape index (κ1) is 16.2. The van der Waals surface area contributed by atoms with E-state index < -0.39 is 0 Å². The number of carbonyl (C=O) groups excluding carboxylic acids is 1. The van der Waals surface area contributed by atoms with E-state index in [1.807, 2.05) is 50.4 Å². The van der Waals surface area contributed by atoms with E-state index in [0.717, 1.165) is 16.0 Å². The summed E-state index contributed by atoms with van der Waals surface area (Å²) in [6, 6.07) is 16.3. The average molecular weight is 301 g/mol. The smallest absolute Gasteiger partial charge is 0.275 e. The lowest BCUT2D eigenvalue weighted by Gasteiger charge is -2.17. The first-order chi connectivity index (χ1) is 10.5. The van der Waals surface area contributed by atoms with Crippen molar-refractivity contribution >= 4 is 5.91 Å². The second kappa shape index (κ2) is 7.71. The van der Waals surface area contributed by atoms with Crippen molar-refractivity contribution in [2.45, 2.75) is 19.5 Å². The SMILES string of the molecule is C[C@@H](NC(=O)C[NH+](C)Cc1cccc(F)c1)c1ccccc1. The molecule has 2 aromatic rings. The van der Waals surface area contributed by atoms with Crippen LogP contribution < -0.4 is 10.2 Å². The highest BCUT2D eigenvalue weighted by Gasteiger charge is 2.14. The summed E-state index contributed by atoms with van der Waals surface area (Å²) >= 11 is 0. The van der Waals surface area contributed by atoms with Crippen molar-refractivity contribution in [1.29, 1.82) is 0 Å². The summed E-state index contributed by atoms with van der Waals surface area (Å²) in [5, 5.41) is 2.99. The Balaban J connectivity index is 1.84. The molecular formula is C18H22FN2O+. The molecule has 1 amide bonds. The van der Waals surface area contributed by atoms with Crippen molar-refractivity contribution in [2.24, 2.45) is 0 Å². The molecule has 0 saturated heterocycles. The molecule has 0 heterocycles. The quantitative estimate of drug-likeness (QED) is 0.837. The minimum absolute atomic E-state index is 0.00902. The Labute approximate surface area is 130 Å². The van der Waals surface area contributed by atoms with Crippen LogP contribution in [0.1, 0.15) is 24.1 Å². The van der Waals surface area contributed by atoms with Crippen LogP contribution in [0.4, 0.5) is 4.39 Å². The summed E-state index contributed by atoms with van der Waals surface area (Å²) in [5.74, 6) is -0.252. The van der Waals surface area contributed by atoms with Crippen molar-refractivity contribution in [1.82, 2.24) is 5.32 Å². The van der Waals surface area contributed by atoms with E-state index >= 15 is 0 Å². The second-order valence-electron chi connectivity index (χ2n) is 5.64. The topological polar surface area (TPSA) is 33.5 Å². The van der Waals surface area contributed by atoms with E-state index in [1.165, 1.54) is 12.1 Å². The third-order valence-corrected chi connectivity index (χ3v) is 3.53. The zero-order valence-electron chi connectivity index (χ0n) is 13.0. The molecular weight excluding hydrogens is 279 g/mol. The van der Waals surface area contributed by atoms with Gasteiger partial charge in [-0.2, -0.15) is 0 Å². The second-order valence-corrected chi connectivity index (χ2v) is 5.64. The highest BCUT2D eigenvalue weighted by molar-refractivity contribution is 5.77. The van der Waals surface area contributed by atoms with E-state index in [1.54, 1.807) is 6.07 Å². The molecule has 0 aliphatic carbocycles. The van der Waals surface area contributed by atoms with Crippen molar-refractivity contribution in [3.05, 3.63) is 71.5 Å². The van der Waals surface area contributed by atoms with E-state index in [4.69, 9.17) is 0 Å². The van der Waals surface area contributed by atoms with Crippen LogP contribution in [0.3, 0.4) is 0 Å². The lowest BCUT2D eigenvalue weighted by Crippen LogP contribution is -3.08. The largest absolute Gasteiger partial charge is 0.345 e. The molecule has 2 rings (SSSR count). The number of likely N-dealkylation sites (N-methyl/N-ethyl adjacent to an activating group) is 1. The van der Waals surface area contributed by atoms with Gasteiger partial charge in [0.2, 0.25) is 0 Å². The molecule has 22 heavy (non-hydrogen) atoms. The van der Waals surface area contributed by atoms with Gasteiger partial charge in [-0.3, -0.25) is 4.79 Å². The van der Waals surface area contributed by atoms with Crippen molar-refractivity contribution < 1.29 is 14.1 Å². The van der Waals surface area contributed by atoms with Gasteiger partial charge in [0.15, 0.2) is 6.54 Å². The Kier molecular flexibility index (Phi) is 5.67. The molecule has 116 valence electrons. The van der Waals surface area contributed by atoms with Crippen LogP contribution in [0.5, 0.6) is 0 Å². The van der Waals surface area contributed by atoms with Crippen molar-refractivity contribution in [3.8, 4) is 0 Å². The lowest BCUT2D eigenvalue weighted by atomic mass is 10.1. The summed E-state index contributed by atoms with van der Waals surface area (Å²) in [6.07, 6.45) is 0. The number of carbonyl (C=O) groups is 1. The molecule has 0 aromatic heterocycles. The van der Waals surface area contributed by atoms with Crippen LogP contribution in [0.2, 0.25) is 0 Å². The molecule has 2 aromatic carbocycles. The fraction of sp³-hybridized carbons (Fsp3) is 0.278. The number of rotatable bonds is 6. The number of benzene rings is 2. The normalized spacial score (nSPS) is 13.4. The molecule has 4 heteroatoms. The van der Waals surface area contributed by atoms with Gasteiger partial charge in [0.05, 0.1) is 13.1 Å². The zero-order chi connectivity index (χ0) is 15.9. The summed E-state index contributed by atoms with van der Waals surface area (Å²) in [4.78, 5) is 13.1. The Morgan fingerprint density at radius 2 is 1.91 bits per heavy atom. The molecule has 0 aliphatic rings. The number of hydrogen-bond donors (Lipinski definition) is 2. The van der Waals surface area contributed by atoms with E-state index in [0.29, 0.717) is 13.1 Å². The Bertz CT molecular complexity index is 615. The Hall–Kier alpha value is -2.20. The maximum absolute atomic E-state index is 13.2. The molecule has 0 bridgehead atoms. The first-order valence-corrected chi connectivity index (χ1v) is 7.44. The number of halogens is 1. The maximum Gasteiger partial charge on any atom is 0.275 e. The van der Waals surface area contributed by atoms with Gasteiger partial charge >= 0.3 is 0 Å². The molecule has 2 N–H and O–H groups in total. The van der Waals surface area contributed by atoms with Crippen LogP contribution in [0.25, 0.3) is 0 Å². The van der Waals surface area contributed by atoms with Gasteiger partial charge in [0.1, 0.15) is 12.4 Å². The molecule has 0 saturated carbocycles.